The Kier molecular flexibility index (Phi) is 4.58. The Labute approximate surface area is 92.8 Å². The highest BCUT2D eigenvalue weighted by atomic mass is 19.4. The first kappa shape index (κ1) is 13.3. The van der Waals surface area contributed by atoms with Gasteiger partial charge < -0.3 is 10.6 Å². The molecule has 0 aromatic carbocycles. The van der Waals surface area contributed by atoms with Crippen molar-refractivity contribution in [3.05, 3.63) is 0 Å². The van der Waals surface area contributed by atoms with Gasteiger partial charge in [-0.1, -0.05) is 0 Å². The maximum atomic E-state index is 12.0. The van der Waals surface area contributed by atoms with Crippen LogP contribution in [0.1, 0.15) is 25.7 Å². The number of carbonyl (C=O) groups excluding carboxylic acids is 1. The van der Waals surface area contributed by atoms with Crippen LogP contribution in [0.15, 0.2) is 0 Å². The van der Waals surface area contributed by atoms with E-state index in [4.69, 9.17) is 5.73 Å². The van der Waals surface area contributed by atoms with E-state index in [1.54, 1.807) is 0 Å². The van der Waals surface area contributed by atoms with Crippen LogP contribution in [0.5, 0.6) is 0 Å². The Bertz CT molecular complexity index is 235. The quantitative estimate of drug-likeness (QED) is 0.810. The molecular formula is C10H17F3N2O. The van der Waals surface area contributed by atoms with Crippen molar-refractivity contribution in [1.29, 1.82) is 0 Å². The normalized spacial score (nSPS) is 18.9. The molecule has 0 aromatic heterocycles. The van der Waals surface area contributed by atoms with Crippen LogP contribution in [0.4, 0.5) is 13.2 Å². The second-order valence-corrected chi connectivity index (χ2v) is 4.19. The fourth-order valence-electron chi connectivity index (χ4n) is 1.99. The van der Waals surface area contributed by atoms with E-state index in [1.165, 1.54) is 4.90 Å². The Balaban J connectivity index is 2.33. The van der Waals surface area contributed by atoms with E-state index in [9.17, 15) is 18.0 Å². The van der Waals surface area contributed by atoms with Crippen LogP contribution in [-0.2, 0) is 4.79 Å². The minimum Gasteiger partial charge on any atom is -0.342 e. The molecule has 2 N–H and O–H groups in total. The van der Waals surface area contributed by atoms with Gasteiger partial charge in [0.05, 0.1) is 0 Å². The third-order valence-corrected chi connectivity index (χ3v) is 2.89. The molecule has 3 nitrogen and oxygen atoms in total. The Morgan fingerprint density at radius 1 is 1.31 bits per heavy atom. The average Bonchev–Trinajstić information content (AvgIpc) is 2.16. The molecule has 1 rings (SSSR count). The highest BCUT2D eigenvalue weighted by Crippen LogP contribution is 2.24. The number of nitrogens with zero attached hydrogens (tertiary/aromatic N) is 1. The van der Waals surface area contributed by atoms with Crippen molar-refractivity contribution in [2.45, 2.75) is 31.9 Å². The van der Waals surface area contributed by atoms with E-state index in [2.05, 4.69) is 0 Å². The number of amides is 1. The van der Waals surface area contributed by atoms with Gasteiger partial charge in [-0.15, -0.1) is 0 Å². The van der Waals surface area contributed by atoms with Gasteiger partial charge in [0.15, 0.2) is 0 Å². The number of hydrogen-bond donors (Lipinski definition) is 1. The summed E-state index contributed by atoms with van der Waals surface area (Å²) in [4.78, 5) is 12.6. The fourth-order valence-corrected chi connectivity index (χ4v) is 1.99. The van der Waals surface area contributed by atoms with Crippen molar-refractivity contribution in [2.24, 2.45) is 11.7 Å². The highest BCUT2D eigenvalue weighted by molar-refractivity contribution is 5.76. The number of likely N-dealkylation sites (tertiary alicyclic amines) is 1. The van der Waals surface area contributed by atoms with Gasteiger partial charge in [-0.2, -0.15) is 13.2 Å². The van der Waals surface area contributed by atoms with Crippen LogP contribution in [-0.4, -0.2) is 36.6 Å². The first-order valence-electron chi connectivity index (χ1n) is 5.47. The number of rotatable bonds is 3. The predicted octanol–water partition coefficient (Wildman–Crippen LogP) is 1.53. The number of alkyl halides is 3. The molecule has 0 aliphatic carbocycles. The third-order valence-electron chi connectivity index (χ3n) is 2.89. The summed E-state index contributed by atoms with van der Waals surface area (Å²) < 4.78 is 36.0. The molecule has 0 spiro atoms. The van der Waals surface area contributed by atoms with Crippen molar-refractivity contribution < 1.29 is 18.0 Å². The molecule has 0 radical (unpaired) electrons. The summed E-state index contributed by atoms with van der Waals surface area (Å²) in [7, 11) is 0. The van der Waals surface area contributed by atoms with Gasteiger partial charge in [0, 0.05) is 13.1 Å². The summed E-state index contributed by atoms with van der Waals surface area (Å²) in [6.45, 7) is 1.46. The monoisotopic (exact) mass is 238 g/mol. The zero-order chi connectivity index (χ0) is 12.2. The second-order valence-electron chi connectivity index (χ2n) is 4.19. The molecule has 1 aliphatic rings. The number of halogens is 3. The summed E-state index contributed by atoms with van der Waals surface area (Å²) in [5.74, 6) is -0.348. The van der Waals surface area contributed by atoms with Crippen LogP contribution < -0.4 is 5.73 Å². The Hall–Kier alpha value is -0.780. The van der Waals surface area contributed by atoms with E-state index >= 15 is 0 Å². The van der Waals surface area contributed by atoms with Gasteiger partial charge in [-0.25, -0.2) is 0 Å². The zero-order valence-corrected chi connectivity index (χ0v) is 9.09. The number of piperidine rings is 1. The lowest BCUT2D eigenvalue weighted by molar-refractivity contribution is -0.162. The zero-order valence-electron chi connectivity index (χ0n) is 9.09. The molecule has 1 amide bonds. The van der Waals surface area contributed by atoms with E-state index < -0.39 is 18.5 Å². The summed E-state index contributed by atoms with van der Waals surface area (Å²) >= 11 is 0. The highest BCUT2D eigenvalue weighted by Gasteiger charge is 2.34. The molecular weight excluding hydrogens is 221 g/mol. The topological polar surface area (TPSA) is 46.3 Å². The van der Waals surface area contributed by atoms with E-state index in [-0.39, 0.29) is 0 Å². The van der Waals surface area contributed by atoms with E-state index in [1.807, 2.05) is 0 Å². The SMILES string of the molecule is NCCC1CCN(C(=O)CC(F)(F)F)CC1. The lowest BCUT2D eigenvalue weighted by atomic mass is 9.93. The number of hydrogen-bond acceptors (Lipinski definition) is 2. The first-order chi connectivity index (χ1) is 7.42. The molecule has 1 heterocycles. The smallest absolute Gasteiger partial charge is 0.342 e. The summed E-state index contributed by atoms with van der Waals surface area (Å²) in [6, 6.07) is 0. The Morgan fingerprint density at radius 3 is 2.31 bits per heavy atom. The maximum absolute atomic E-state index is 12.0. The summed E-state index contributed by atoms with van der Waals surface area (Å²) in [5, 5.41) is 0. The summed E-state index contributed by atoms with van der Waals surface area (Å²) in [6.07, 6.45) is -3.32. The lowest BCUT2D eigenvalue weighted by Crippen LogP contribution is -2.40. The average molecular weight is 238 g/mol. The molecule has 0 saturated carbocycles. The van der Waals surface area contributed by atoms with E-state index in [0.29, 0.717) is 25.6 Å². The molecule has 0 atom stereocenters. The minimum absolute atomic E-state index is 0.430. The van der Waals surface area contributed by atoms with Crippen molar-refractivity contribution in [3.63, 3.8) is 0 Å². The molecule has 1 saturated heterocycles. The van der Waals surface area contributed by atoms with Gasteiger partial charge >= 0.3 is 6.18 Å². The minimum atomic E-state index is -4.40. The number of carbonyl (C=O) groups is 1. The van der Waals surface area contributed by atoms with Crippen molar-refractivity contribution in [3.8, 4) is 0 Å². The number of nitrogens with two attached hydrogens (primary N) is 1. The molecule has 0 unspecified atom stereocenters. The predicted molar refractivity (Wildman–Crippen MR) is 53.6 cm³/mol. The van der Waals surface area contributed by atoms with Gasteiger partial charge in [0.1, 0.15) is 6.42 Å². The first-order valence-corrected chi connectivity index (χ1v) is 5.47. The van der Waals surface area contributed by atoms with Gasteiger partial charge in [0.2, 0.25) is 5.91 Å². The molecule has 6 heteroatoms. The third kappa shape index (κ3) is 4.38. The van der Waals surface area contributed by atoms with Gasteiger partial charge in [-0.05, 0) is 31.7 Å². The van der Waals surface area contributed by atoms with Crippen molar-refractivity contribution in [1.82, 2.24) is 4.90 Å². The summed E-state index contributed by atoms with van der Waals surface area (Å²) in [5.41, 5.74) is 5.41. The molecule has 16 heavy (non-hydrogen) atoms. The second kappa shape index (κ2) is 5.52. The standard InChI is InChI=1S/C10H17F3N2O/c11-10(12,13)7-9(16)15-5-2-8(1-4-14)3-6-15/h8H,1-7,14H2. The van der Waals surface area contributed by atoms with Crippen LogP contribution in [0.2, 0.25) is 0 Å². The van der Waals surface area contributed by atoms with Crippen LogP contribution in [0.25, 0.3) is 0 Å². The van der Waals surface area contributed by atoms with Gasteiger partial charge in [-0.3, -0.25) is 4.79 Å². The van der Waals surface area contributed by atoms with Crippen LogP contribution >= 0.6 is 0 Å². The van der Waals surface area contributed by atoms with Crippen molar-refractivity contribution >= 4 is 5.91 Å². The lowest BCUT2D eigenvalue weighted by Gasteiger charge is -2.32. The molecule has 1 aliphatic heterocycles. The molecule has 94 valence electrons. The van der Waals surface area contributed by atoms with Crippen LogP contribution in [0.3, 0.4) is 0 Å². The molecule has 1 fully saturated rings. The largest absolute Gasteiger partial charge is 0.397 e. The van der Waals surface area contributed by atoms with Crippen molar-refractivity contribution in [2.75, 3.05) is 19.6 Å². The fraction of sp³-hybridized carbons (Fsp3) is 0.900. The van der Waals surface area contributed by atoms with E-state index in [0.717, 1.165) is 19.3 Å². The molecule has 0 aromatic rings. The Morgan fingerprint density at radius 2 is 1.88 bits per heavy atom. The van der Waals surface area contributed by atoms with Crippen LogP contribution in [0, 0.1) is 5.92 Å². The molecule has 0 bridgehead atoms. The van der Waals surface area contributed by atoms with Gasteiger partial charge in [0.25, 0.3) is 0 Å². The maximum Gasteiger partial charge on any atom is 0.397 e.